The summed E-state index contributed by atoms with van der Waals surface area (Å²) in [6.45, 7) is 6.93. The molecule has 2 aromatic heterocycles. The van der Waals surface area contributed by atoms with Crippen molar-refractivity contribution in [1.82, 2.24) is 14.1 Å². The molecule has 0 radical (unpaired) electrons. The number of fused-ring (bicyclic) bond motifs is 1. The quantitative estimate of drug-likeness (QED) is 0.732. The van der Waals surface area contributed by atoms with Crippen molar-refractivity contribution in [2.45, 2.75) is 33.7 Å². The standard InChI is InChI=1S/C20H22N4O/c1-13(2)9-10-24-18-8-7-17(22-19(18)23(4)20(24)25)16-6-5-14(3)11-15(16)12-21/h5-8,11,13H,9-10H2,1-4H3. The number of nitrogens with zero attached hydrogens (tertiary/aromatic N) is 4. The highest BCUT2D eigenvalue weighted by atomic mass is 16.1. The Hall–Kier alpha value is -2.87. The summed E-state index contributed by atoms with van der Waals surface area (Å²) in [5.41, 5.74) is 4.56. The zero-order valence-corrected chi connectivity index (χ0v) is 15.1. The van der Waals surface area contributed by atoms with Gasteiger partial charge in [-0.2, -0.15) is 5.26 Å². The lowest BCUT2D eigenvalue weighted by molar-refractivity contribution is 0.511. The van der Waals surface area contributed by atoms with Gasteiger partial charge in [-0.25, -0.2) is 9.78 Å². The van der Waals surface area contributed by atoms with E-state index in [9.17, 15) is 10.1 Å². The molecule has 0 bridgehead atoms. The van der Waals surface area contributed by atoms with Crippen LogP contribution in [0.25, 0.3) is 22.4 Å². The van der Waals surface area contributed by atoms with Gasteiger partial charge < -0.3 is 0 Å². The Labute approximate surface area is 147 Å². The van der Waals surface area contributed by atoms with Crippen molar-refractivity contribution < 1.29 is 0 Å². The number of hydrogen-bond donors (Lipinski definition) is 0. The molecule has 5 nitrogen and oxygen atoms in total. The lowest BCUT2D eigenvalue weighted by Crippen LogP contribution is -2.22. The number of benzene rings is 1. The number of aromatic nitrogens is 3. The predicted octanol–water partition coefficient (Wildman–Crippen LogP) is 3.63. The van der Waals surface area contributed by atoms with Gasteiger partial charge in [-0.3, -0.25) is 9.13 Å². The monoisotopic (exact) mass is 334 g/mol. The van der Waals surface area contributed by atoms with Crippen molar-refractivity contribution in [3.63, 3.8) is 0 Å². The Bertz CT molecular complexity index is 1030. The molecule has 3 rings (SSSR count). The van der Waals surface area contributed by atoms with Gasteiger partial charge in [0, 0.05) is 19.2 Å². The average Bonchev–Trinajstić information content (AvgIpc) is 2.83. The first kappa shape index (κ1) is 17.0. The van der Waals surface area contributed by atoms with Crippen molar-refractivity contribution in [3.05, 3.63) is 51.9 Å². The first-order valence-corrected chi connectivity index (χ1v) is 8.49. The molecule has 0 saturated carbocycles. The second kappa shape index (κ2) is 6.56. The van der Waals surface area contributed by atoms with E-state index in [2.05, 4.69) is 24.9 Å². The molecule has 0 saturated heterocycles. The minimum atomic E-state index is -0.0512. The third-order valence-corrected chi connectivity index (χ3v) is 4.48. The Morgan fingerprint density at radius 1 is 1.24 bits per heavy atom. The van der Waals surface area contributed by atoms with Crippen LogP contribution in [0.5, 0.6) is 0 Å². The molecule has 0 aliphatic carbocycles. The van der Waals surface area contributed by atoms with Gasteiger partial charge in [0.15, 0.2) is 5.65 Å². The molecule has 3 aromatic rings. The van der Waals surface area contributed by atoms with E-state index in [4.69, 9.17) is 0 Å². The summed E-state index contributed by atoms with van der Waals surface area (Å²) in [7, 11) is 1.74. The second-order valence-corrected chi connectivity index (χ2v) is 6.88. The van der Waals surface area contributed by atoms with Gasteiger partial charge >= 0.3 is 5.69 Å². The van der Waals surface area contributed by atoms with E-state index in [1.807, 2.05) is 37.3 Å². The summed E-state index contributed by atoms with van der Waals surface area (Å²) < 4.78 is 3.37. The van der Waals surface area contributed by atoms with Crippen molar-refractivity contribution in [2.24, 2.45) is 13.0 Å². The van der Waals surface area contributed by atoms with Crippen LogP contribution >= 0.6 is 0 Å². The van der Waals surface area contributed by atoms with Crippen LogP contribution in [0.4, 0.5) is 0 Å². The molecule has 1 aromatic carbocycles. The van der Waals surface area contributed by atoms with E-state index < -0.39 is 0 Å². The molecule has 128 valence electrons. The first-order chi connectivity index (χ1) is 11.9. The Morgan fingerprint density at radius 2 is 2.00 bits per heavy atom. The molecule has 0 atom stereocenters. The Balaban J connectivity index is 2.15. The molecule has 0 fully saturated rings. The van der Waals surface area contributed by atoms with Gasteiger partial charge in [0.1, 0.15) is 0 Å². The normalized spacial score (nSPS) is 11.2. The number of hydrogen-bond acceptors (Lipinski definition) is 3. The van der Waals surface area contributed by atoms with Crippen LogP contribution in [-0.2, 0) is 13.6 Å². The number of imidazole rings is 1. The van der Waals surface area contributed by atoms with Gasteiger partial charge in [-0.05, 0) is 43.0 Å². The molecule has 0 spiro atoms. The van der Waals surface area contributed by atoms with Crippen LogP contribution in [0.3, 0.4) is 0 Å². The fourth-order valence-electron chi connectivity index (χ4n) is 3.00. The third kappa shape index (κ3) is 3.08. The molecule has 0 unspecified atom stereocenters. The van der Waals surface area contributed by atoms with Gasteiger partial charge in [-0.1, -0.05) is 26.0 Å². The Morgan fingerprint density at radius 3 is 2.68 bits per heavy atom. The summed E-state index contributed by atoms with van der Waals surface area (Å²) in [5, 5.41) is 9.41. The maximum absolute atomic E-state index is 12.5. The molecule has 25 heavy (non-hydrogen) atoms. The predicted molar refractivity (Wildman–Crippen MR) is 99.3 cm³/mol. The third-order valence-electron chi connectivity index (χ3n) is 4.48. The summed E-state index contributed by atoms with van der Waals surface area (Å²) in [4.78, 5) is 17.2. The molecular weight excluding hydrogens is 312 g/mol. The summed E-state index contributed by atoms with van der Waals surface area (Å²) in [6.07, 6.45) is 0.942. The maximum Gasteiger partial charge on any atom is 0.330 e. The topological polar surface area (TPSA) is 63.6 Å². The molecule has 0 N–H and O–H groups in total. The van der Waals surface area contributed by atoms with Crippen LogP contribution < -0.4 is 5.69 Å². The average molecular weight is 334 g/mol. The largest absolute Gasteiger partial charge is 0.330 e. The summed E-state index contributed by atoms with van der Waals surface area (Å²) in [5.74, 6) is 0.528. The zero-order valence-electron chi connectivity index (χ0n) is 15.1. The van der Waals surface area contributed by atoms with Gasteiger partial charge in [0.2, 0.25) is 0 Å². The van der Waals surface area contributed by atoms with Crippen LogP contribution in [0, 0.1) is 24.2 Å². The smallest absolute Gasteiger partial charge is 0.290 e. The van der Waals surface area contributed by atoms with E-state index in [1.54, 1.807) is 16.2 Å². The van der Waals surface area contributed by atoms with E-state index in [-0.39, 0.29) is 5.69 Å². The highest BCUT2D eigenvalue weighted by Gasteiger charge is 2.14. The van der Waals surface area contributed by atoms with Gasteiger partial charge in [0.05, 0.1) is 22.8 Å². The zero-order chi connectivity index (χ0) is 18.1. The van der Waals surface area contributed by atoms with Crippen LogP contribution in [-0.4, -0.2) is 14.1 Å². The minimum Gasteiger partial charge on any atom is -0.290 e. The number of aryl methyl sites for hydroxylation is 3. The van der Waals surface area contributed by atoms with Gasteiger partial charge in [-0.15, -0.1) is 0 Å². The van der Waals surface area contributed by atoms with E-state index in [1.165, 1.54) is 0 Å². The molecule has 0 aliphatic heterocycles. The summed E-state index contributed by atoms with van der Waals surface area (Å²) >= 11 is 0. The molecular formula is C20H22N4O. The first-order valence-electron chi connectivity index (χ1n) is 8.49. The van der Waals surface area contributed by atoms with Crippen LogP contribution in [0.1, 0.15) is 31.4 Å². The maximum atomic E-state index is 12.5. The second-order valence-electron chi connectivity index (χ2n) is 6.88. The van der Waals surface area contributed by atoms with Crippen molar-refractivity contribution >= 4 is 11.2 Å². The van der Waals surface area contributed by atoms with E-state index in [0.29, 0.717) is 29.4 Å². The van der Waals surface area contributed by atoms with E-state index >= 15 is 0 Å². The van der Waals surface area contributed by atoms with E-state index in [0.717, 1.165) is 23.1 Å². The fraction of sp³-hybridized carbons (Fsp3) is 0.350. The lowest BCUT2D eigenvalue weighted by Gasteiger charge is -2.07. The molecule has 2 heterocycles. The van der Waals surface area contributed by atoms with Crippen LogP contribution in [0.2, 0.25) is 0 Å². The van der Waals surface area contributed by atoms with Crippen molar-refractivity contribution in [2.75, 3.05) is 0 Å². The molecule has 5 heteroatoms. The number of nitriles is 1. The number of pyridine rings is 1. The lowest BCUT2D eigenvalue weighted by atomic mass is 10.0. The molecule has 0 aliphatic rings. The SMILES string of the molecule is Cc1ccc(-c2ccc3c(n2)n(C)c(=O)n3CCC(C)C)c(C#N)c1. The Kier molecular flexibility index (Phi) is 4.45. The minimum absolute atomic E-state index is 0.0512. The van der Waals surface area contributed by atoms with Gasteiger partial charge in [0.25, 0.3) is 0 Å². The summed E-state index contributed by atoms with van der Waals surface area (Å²) in [6, 6.07) is 11.8. The van der Waals surface area contributed by atoms with Crippen molar-refractivity contribution in [1.29, 1.82) is 5.26 Å². The fourth-order valence-corrected chi connectivity index (χ4v) is 3.00. The van der Waals surface area contributed by atoms with Crippen molar-refractivity contribution in [3.8, 4) is 17.3 Å². The highest BCUT2D eigenvalue weighted by Crippen LogP contribution is 2.25. The highest BCUT2D eigenvalue weighted by molar-refractivity contribution is 5.78. The number of rotatable bonds is 4. The molecule has 0 amide bonds. The van der Waals surface area contributed by atoms with Crippen LogP contribution in [0.15, 0.2) is 35.1 Å².